The predicted octanol–water partition coefficient (Wildman–Crippen LogP) is 3.01. The van der Waals surface area contributed by atoms with Gasteiger partial charge >= 0.3 is 5.97 Å². The molecule has 1 aromatic rings. The SMILES string of the molecule is CC(/C=C/C(=O)O)=C\[C@@H](C)C(O)c1ccc(N(C)C)cc1. The first-order chi connectivity index (χ1) is 9.81. The number of rotatable bonds is 6. The number of aliphatic carboxylic acids is 1. The molecule has 0 amide bonds. The van der Waals surface area contributed by atoms with Gasteiger partial charge < -0.3 is 15.1 Å². The Bertz CT molecular complexity index is 529. The Hall–Kier alpha value is -2.07. The molecule has 0 aromatic heterocycles. The number of aliphatic hydroxyl groups is 1. The molecule has 2 atom stereocenters. The average molecular weight is 289 g/mol. The number of aliphatic hydroxyl groups excluding tert-OH is 1. The van der Waals surface area contributed by atoms with Crippen LogP contribution in [-0.4, -0.2) is 30.3 Å². The number of carbonyl (C=O) groups is 1. The van der Waals surface area contributed by atoms with Crippen LogP contribution in [0.1, 0.15) is 25.5 Å². The second-order valence-electron chi connectivity index (χ2n) is 5.37. The van der Waals surface area contributed by atoms with Gasteiger partial charge in [0.15, 0.2) is 0 Å². The molecule has 0 bridgehead atoms. The molecular formula is C17H23NO3. The number of anilines is 1. The fraction of sp³-hybridized carbons (Fsp3) is 0.353. The number of hydrogen-bond donors (Lipinski definition) is 2. The zero-order chi connectivity index (χ0) is 16.0. The van der Waals surface area contributed by atoms with E-state index >= 15 is 0 Å². The van der Waals surface area contributed by atoms with E-state index in [2.05, 4.69) is 0 Å². The van der Waals surface area contributed by atoms with E-state index in [0.29, 0.717) is 0 Å². The van der Waals surface area contributed by atoms with Gasteiger partial charge in [-0.25, -0.2) is 4.79 Å². The second kappa shape index (κ2) is 7.64. The van der Waals surface area contributed by atoms with E-state index in [9.17, 15) is 9.90 Å². The van der Waals surface area contributed by atoms with Gasteiger partial charge in [0.1, 0.15) is 0 Å². The summed E-state index contributed by atoms with van der Waals surface area (Å²) >= 11 is 0. The second-order valence-corrected chi connectivity index (χ2v) is 5.37. The normalized spacial score (nSPS) is 15.0. The molecule has 0 spiro atoms. The highest BCUT2D eigenvalue weighted by Crippen LogP contribution is 2.25. The molecule has 4 heteroatoms. The Morgan fingerprint density at radius 3 is 2.24 bits per heavy atom. The molecule has 0 saturated carbocycles. The van der Waals surface area contributed by atoms with Crippen LogP contribution in [0.15, 0.2) is 48.1 Å². The van der Waals surface area contributed by atoms with E-state index in [1.165, 1.54) is 6.08 Å². The molecule has 0 heterocycles. The van der Waals surface area contributed by atoms with Crippen molar-refractivity contribution in [3.05, 3.63) is 53.6 Å². The van der Waals surface area contributed by atoms with Crippen molar-refractivity contribution in [2.45, 2.75) is 20.0 Å². The van der Waals surface area contributed by atoms with E-state index in [1.54, 1.807) is 0 Å². The number of allylic oxidation sites excluding steroid dienone is 2. The summed E-state index contributed by atoms with van der Waals surface area (Å²) in [6.07, 6.45) is 3.87. The molecule has 21 heavy (non-hydrogen) atoms. The molecule has 1 rings (SSSR count). The van der Waals surface area contributed by atoms with Crippen LogP contribution in [-0.2, 0) is 4.79 Å². The topological polar surface area (TPSA) is 60.8 Å². The molecule has 1 aromatic carbocycles. The van der Waals surface area contributed by atoms with E-state index in [-0.39, 0.29) is 5.92 Å². The number of hydrogen-bond acceptors (Lipinski definition) is 3. The monoisotopic (exact) mass is 289 g/mol. The van der Waals surface area contributed by atoms with Gasteiger partial charge in [-0.15, -0.1) is 0 Å². The molecule has 0 aliphatic carbocycles. The predicted molar refractivity (Wildman–Crippen MR) is 85.4 cm³/mol. The molecule has 114 valence electrons. The van der Waals surface area contributed by atoms with Gasteiger partial charge in [-0.3, -0.25) is 0 Å². The Labute approximate surface area is 126 Å². The smallest absolute Gasteiger partial charge is 0.328 e. The first-order valence-corrected chi connectivity index (χ1v) is 6.86. The third-order valence-electron chi connectivity index (χ3n) is 3.26. The van der Waals surface area contributed by atoms with Crippen molar-refractivity contribution in [2.75, 3.05) is 19.0 Å². The summed E-state index contributed by atoms with van der Waals surface area (Å²) in [5.74, 6) is -1.08. The Balaban J connectivity index is 2.80. The lowest BCUT2D eigenvalue weighted by Gasteiger charge is -2.18. The highest BCUT2D eigenvalue weighted by atomic mass is 16.4. The molecule has 0 aliphatic heterocycles. The Morgan fingerprint density at radius 1 is 1.19 bits per heavy atom. The first-order valence-electron chi connectivity index (χ1n) is 6.86. The maximum atomic E-state index is 10.5. The highest BCUT2D eigenvalue weighted by molar-refractivity contribution is 5.80. The van der Waals surface area contributed by atoms with Crippen LogP contribution in [0.4, 0.5) is 5.69 Å². The molecule has 2 N–H and O–H groups in total. The molecular weight excluding hydrogens is 266 g/mol. The Kier molecular flexibility index (Phi) is 6.18. The standard InChI is InChI=1S/C17H23NO3/c1-12(5-10-16(19)20)11-13(2)17(21)14-6-8-15(9-7-14)18(3)4/h5-11,13,17,21H,1-4H3,(H,19,20)/b10-5+,12-11+/t13-,17?/m1/s1. The molecule has 1 unspecified atom stereocenters. The summed E-state index contributed by atoms with van der Waals surface area (Å²) in [5.41, 5.74) is 2.74. The minimum absolute atomic E-state index is 0.103. The van der Waals surface area contributed by atoms with Crippen molar-refractivity contribution in [2.24, 2.45) is 5.92 Å². The van der Waals surface area contributed by atoms with Gasteiger partial charge in [-0.2, -0.15) is 0 Å². The number of nitrogens with zero attached hydrogens (tertiary/aromatic N) is 1. The zero-order valence-corrected chi connectivity index (χ0v) is 12.9. The van der Waals surface area contributed by atoms with Crippen LogP contribution in [0, 0.1) is 5.92 Å². The molecule has 0 radical (unpaired) electrons. The Morgan fingerprint density at radius 2 is 1.76 bits per heavy atom. The van der Waals surface area contributed by atoms with Gasteiger partial charge in [-0.05, 0) is 24.6 Å². The van der Waals surface area contributed by atoms with Crippen molar-refractivity contribution in [1.82, 2.24) is 0 Å². The van der Waals surface area contributed by atoms with E-state index in [0.717, 1.165) is 22.9 Å². The lowest BCUT2D eigenvalue weighted by molar-refractivity contribution is -0.131. The van der Waals surface area contributed by atoms with Crippen molar-refractivity contribution in [1.29, 1.82) is 0 Å². The van der Waals surface area contributed by atoms with Crippen LogP contribution in [0.2, 0.25) is 0 Å². The molecule has 4 nitrogen and oxygen atoms in total. The van der Waals surface area contributed by atoms with Gasteiger partial charge in [-0.1, -0.05) is 36.8 Å². The number of carboxylic acids is 1. The largest absolute Gasteiger partial charge is 0.478 e. The minimum atomic E-state index is -0.977. The number of benzene rings is 1. The average Bonchev–Trinajstić information content (AvgIpc) is 2.44. The van der Waals surface area contributed by atoms with Gasteiger partial charge in [0.05, 0.1) is 6.10 Å². The zero-order valence-electron chi connectivity index (χ0n) is 12.9. The summed E-state index contributed by atoms with van der Waals surface area (Å²) < 4.78 is 0. The third kappa shape index (κ3) is 5.44. The van der Waals surface area contributed by atoms with Gasteiger partial charge in [0, 0.05) is 31.8 Å². The van der Waals surface area contributed by atoms with Crippen LogP contribution in [0.5, 0.6) is 0 Å². The van der Waals surface area contributed by atoms with E-state index < -0.39 is 12.1 Å². The van der Waals surface area contributed by atoms with Gasteiger partial charge in [0.25, 0.3) is 0 Å². The number of carboxylic acid groups (broad SMARTS) is 1. The quantitative estimate of drug-likeness (QED) is 0.624. The van der Waals surface area contributed by atoms with Gasteiger partial charge in [0.2, 0.25) is 0 Å². The molecule has 0 aliphatic rings. The fourth-order valence-corrected chi connectivity index (χ4v) is 2.04. The summed E-state index contributed by atoms with van der Waals surface area (Å²) in [7, 11) is 3.93. The highest BCUT2D eigenvalue weighted by Gasteiger charge is 2.14. The van der Waals surface area contributed by atoms with Crippen LogP contribution in [0.25, 0.3) is 0 Å². The minimum Gasteiger partial charge on any atom is -0.478 e. The lowest BCUT2D eigenvalue weighted by Crippen LogP contribution is -2.10. The molecule has 0 fully saturated rings. The summed E-state index contributed by atoms with van der Waals surface area (Å²) in [6, 6.07) is 7.75. The van der Waals surface area contributed by atoms with Crippen LogP contribution in [0.3, 0.4) is 0 Å². The summed E-state index contributed by atoms with van der Waals surface area (Å²) in [4.78, 5) is 12.5. The van der Waals surface area contributed by atoms with Crippen LogP contribution >= 0.6 is 0 Å². The maximum Gasteiger partial charge on any atom is 0.328 e. The van der Waals surface area contributed by atoms with E-state index in [1.807, 2.05) is 63.2 Å². The maximum absolute atomic E-state index is 10.5. The molecule has 0 saturated heterocycles. The van der Waals surface area contributed by atoms with Crippen molar-refractivity contribution < 1.29 is 15.0 Å². The lowest BCUT2D eigenvalue weighted by atomic mass is 9.95. The van der Waals surface area contributed by atoms with Crippen LogP contribution < -0.4 is 4.90 Å². The summed E-state index contributed by atoms with van der Waals surface area (Å²) in [6.45, 7) is 3.72. The van der Waals surface area contributed by atoms with E-state index in [4.69, 9.17) is 5.11 Å². The fourth-order valence-electron chi connectivity index (χ4n) is 2.04. The van der Waals surface area contributed by atoms with Crippen molar-refractivity contribution in [3.63, 3.8) is 0 Å². The summed E-state index contributed by atoms with van der Waals surface area (Å²) in [5, 5.41) is 18.9. The third-order valence-corrected chi connectivity index (χ3v) is 3.26. The van der Waals surface area contributed by atoms with Crippen molar-refractivity contribution in [3.8, 4) is 0 Å². The van der Waals surface area contributed by atoms with Crippen molar-refractivity contribution >= 4 is 11.7 Å². The first kappa shape index (κ1) is 17.0.